The van der Waals surface area contributed by atoms with Gasteiger partial charge >= 0.3 is 0 Å². The zero-order chi connectivity index (χ0) is 8.27. The lowest BCUT2D eigenvalue weighted by molar-refractivity contribution is 0.616. The third-order valence-corrected chi connectivity index (χ3v) is 1.73. The van der Waals surface area contributed by atoms with Crippen LogP contribution < -0.4 is 5.32 Å². The summed E-state index contributed by atoms with van der Waals surface area (Å²) in [6, 6.07) is 5.39. The van der Waals surface area contributed by atoms with Crippen LogP contribution in [0.1, 0.15) is 12.5 Å². The molecule has 0 aromatic heterocycles. The third kappa shape index (κ3) is 1.50. The van der Waals surface area contributed by atoms with Crippen molar-refractivity contribution in [2.45, 2.75) is 13.3 Å². The minimum Gasteiger partial charge on any atom is -0.386 e. The van der Waals surface area contributed by atoms with Gasteiger partial charge in [-0.15, -0.1) is 0 Å². The van der Waals surface area contributed by atoms with Crippen LogP contribution in [0.5, 0.6) is 0 Å². The molecule has 1 nitrogen and oxygen atoms in total. The van der Waals surface area contributed by atoms with E-state index in [4.69, 9.17) is 0 Å². The Hall–Kier alpha value is -1.05. The van der Waals surface area contributed by atoms with Crippen molar-refractivity contribution in [3.8, 4) is 0 Å². The maximum Gasteiger partial charge on any atom is 0.149 e. The lowest BCUT2D eigenvalue weighted by atomic mass is 10.1. The van der Waals surface area contributed by atoms with E-state index >= 15 is 0 Å². The molecule has 0 aliphatic heterocycles. The number of nitrogens with one attached hydrogen (secondary N) is 1. The fourth-order valence-corrected chi connectivity index (χ4v) is 1.05. The fraction of sp³-hybridized carbons (Fsp3) is 0.333. The molecule has 1 aromatic carbocycles. The largest absolute Gasteiger partial charge is 0.386 e. The van der Waals surface area contributed by atoms with Gasteiger partial charge < -0.3 is 5.32 Å². The molecular weight excluding hydrogens is 141 g/mol. The van der Waals surface area contributed by atoms with E-state index in [2.05, 4.69) is 5.32 Å². The SMILES string of the molecule is CCc1cccc(NC)c1F. The van der Waals surface area contributed by atoms with Crippen LogP contribution in [0.4, 0.5) is 10.1 Å². The zero-order valence-electron chi connectivity index (χ0n) is 6.82. The second-order valence-electron chi connectivity index (χ2n) is 2.38. The van der Waals surface area contributed by atoms with E-state index in [1.807, 2.05) is 13.0 Å². The van der Waals surface area contributed by atoms with Gasteiger partial charge in [0.2, 0.25) is 0 Å². The predicted octanol–water partition coefficient (Wildman–Crippen LogP) is 2.43. The summed E-state index contributed by atoms with van der Waals surface area (Å²) in [7, 11) is 1.72. The zero-order valence-corrected chi connectivity index (χ0v) is 6.82. The molecule has 0 aliphatic rings. The summed E-state index contributed by atoms with van der Waals surface area (Å²) >= 11 is 0. The van der Waals surface area contributed by atoms with Gasteiger partial charge in [0.15, 0.2) is 0 Å². The number of aryl methyl sites for hydroxylation is 1. The molecule has 1 N–H and O–H groups in total. The Kier molecular flexibility index (Phi) is 2.47. The molecule has 1 rings (SSSR count). The van der Waals surface area contributed by atoms with Crippen molar-refractivity contribution < 1.29 is 4.39 Å². The molecule has 0 saturated carbocycles. The summed E-state index contributed by atoms with van der Waals surface area (Å²) < 4.78 is 13.2. The van der Waals surface area contributed by atoms with Crippen LogP contribution in [-0.4, -0.2) is 7.05 Å². The van der Waals surface area contributed by atoms with Gasteiger partial charge in [-0.3, -0.25) is 0 Å². The van der Waals surface area contributed by atoms with E-state index in [0.29, 0.717) is 5.69 Å². The van der Waals surface area contributed by atoms with Gasteiger partial charge in [0.1, 0.15) is 5.82 Å². The number of hydrogen-bond donors (Lipinski definition) is 1. The Balaban J connectivity index is 3.10. The molecular formula is C9H12FN. The van der Waals surface area contributed by atoms with Crippen molar-refractivity contribution in [1.29, 1.82) is 0 Å². The third-order valence-electron chi connectivity index (χ3n) is 1.73. The second-order valence-corrected chi connectivity index (χ2v) is 2.38. The molecule has 0 fully saturated rings. The topological polar surface area (TPSA) is 12.0 Å². The predicted molar refractivity (Wildman–Crippen MR) is 45.3 cm³/mol. The minimum absolute atomic E-state index is 0.127. The molecule has 1 aromatic rings. The minimum atomic E-state index is -0.127. The van der Waals surface area contributed by atoms with E-state index in [1.165, 1.54) is 0 Å². The van der Waals surface area contributed by atoms with Gasteiger partial charge in [-0.05, 0) is 18.1 Å². The van der Waals surface area contributed by atoms with Gasteiger partial charge in [0.05, 0.1) is 5.69 Å². The first-order valence-electron chi connectivity index (χ1n) is 3.74. The number of halogens is 1. The second kappa shape index (κ2) is 3.37. The van der Waals surface area contributed by atoms with Gasteiger partial charge in [0, 0.05) is 7.05 Å². The molecule has 0 unspecified atom stereocenters. The summed E-state index contributed by atoms with van der Waals surface area (Å²) in [5, 5.41) is 2.79. The molecule has 0 heterocycles. The van der Waals surface area contributed by atoms with E-state index in [9.17, 15) is 4.39 Å². The van der Waals surface area contributed by atoms with Gasteiger partial charge in [-0.1, -0.05) is 19.1 Å². The molecule has 2 heteroatoms. The molecule has 60 valence electrons. The monoisotopic (exact) mass is 153 g/mol. The smallest absolute Gasteiger partial charge is 0.149 e. The standard InChI is InChI=1S/C9H12FN/c1-3-7-5-4-6-8(11-2)9(7)10/h4-6,11H,3H2,1-2H3. The molecule has 0 amide bonds. The Morgan fingerprint density at radius 3 is 2.73 bits per heavy atom. The Morgan fingerprint density at radius 2 is 2.18 bits per heavy atom. The first-order valence-corrected chi connectivity index (χ1v) is 3.74. The molecule has 0 aliphatic carbocycles. The number of hydrogen-bond acceptors (Lipinski definition) is 1. The highest BCUT2D eigenvalue weighted by molar-refractivity contribution is 5.46. The maximum absolute atomic E-state index is 13.2. The molecule has 0 bridgehead atoms. The van der Waals surface area contributed by atoms with Crippen molar-refractivity contribution in [3.63, 3.8) is 0 Å². The Labute approximate surface area is 66.2 Å². The summed E-state index contributed by atoms with van der Waals surface area (Å²) in [5.41, 5.74) is 1.33. The summed E-state index contributed by atoms with van der Waals surface area (Å²) in [4.78, 5) is 0. The molecule has 0 saturated heterocycles. The Bertz CT molecular complexity index is 223. The molecule has 0 spiro atoms. The highest BCUT2D eigenvalue weighted by Gasteiger charge is 2.02. The molecule has 11 heavy (non-hydrogen) atoms. The van der Waals surface area contributed by atoms with Crippen molar-refractivity contribution in [2.24, 2.45) is 0 Å². The summed E-state index contributed by atoms with van der Waals surface area (Å²) in [5.74, 6) is -0.127. The average Bonchev–Trinajstić information content (AvgIpc) is 2.05. The van der Waals surface area contributed by atoms with Crippen molar-refractivity contribution in [2.75, 3.05) is 12.4 Å². The van der Waals surface area contributed by atoms with Crippen LogP contribution in [-0.2, 0) is 6.42 Å². The average molecular weight is 153 g/mol. The number of anilines is 1. The van der Waals surface area contributed by atoms with Crippen LogP contribution in [0.3, 0.4) is 0 Å². The Morgan fingerprint density at radius 1 is 1.45 bits per heavy atom. The summed E-state index contributed by atoms with van der Waals surface area (Å²) in [6.07, 6.45) is 0.737. The quantitative estimate of drug-likeness (QED) is 0.688. The fourth-order valence-electron chi connectivity index (χ4n) is 1.05. The first kappa shape index (κ1) is 8.05. The lowest BCUT2D eigenvalue weighted by Crippen LogP contribution is -1.95. The van der Waals surface area contributed by atoms with Crippen LogP contribution in [0.2, 0.25) is 0 Å². The van der Waals surface area contributed by atoms with Gasteiger partial charge in [0.25, 0.3) is 0 Å². The van der Waals surface area contributed by atoms with E-state index < -0.39 is 0 Å². The molecule has 0 atom stereocenters. The van der Waals surface area contributed by atoms with E-state index in [1.54, 1.807) is 19.2 Å². The number of rotatable bonds is 2. The first-order chi connectivity index (χ1) is 5.29. The van der Waals surface area contributed by atoms with Crippen LogP contribution in [0.25, 0.3) is 0 Å². The maximum atomic E-state index is 13.2. The summed E-state index contributed by atoms with van der Waals surface area (Å²) in [6.45, 7) is 1.94. The van der Waals surface area contributed by atoms with Crippen molar-refractivity contribution in [3.05, 3.63) is 29.6 Å². The highest BCUT2D eigenvalue weighted by Crippen LogP contribution is 2.17. The van der Waals surface area contributed by atoms with E-state index in [0.717, 1.165) is 12.0 Å². The normalized spacial score (nSPS) is 9.73. The van der Waals surface area contributed by atoms with Crippen molar-refractivity contribution in [1.82, 2.24) is 0 Å². The molecule has 0 radical (unpaired) electrons. The van der Waals surface area contributed by atoms with Crippen LogP contribution >= 0.6 is 0 Å². The van der Waals surface area contributed by atoms with Crippen LogP contribution in [0, 0.1) is 5.82 Å². The number of benzene rings is 1. The van der Waals surface area contributed by atoms with Crippen LogP contribution in [0.15, 0.2) is 18.2 Å². The highest BCUT2D eigenvalue weighted by atomic mass is 19.1. The van der Waals surface area contributed by atoms with Crippen molar-refractivity contribution >= 4 is 5.69 Å². The van der Waals surface area contributed by atoms with Gasteiger partial charge in [-0.25, -0.2) is 4.39 Å². The van der Waals surface area contributed by atoms with Gasteiger partial charge in [-0.2, -0.15) is 0 Å². The lowest BCUT2D eigenvalue weighted by Gasteiger charge is -2.04. The van der Waals surface area contributed by atoms with E-state index in [-0.39, 0.29) is 5.82 Å².